The van der Waals surface area contributed by atoms with Crippen molar-refractivity contribution in [2.24, 2.45) is 5.92 Å². The largest absolute Gasteiger partial charge is 0.385 e. The first-order valence-electron chi connectivity index (χ1n) is 7.56. The Balaban J connectivity index is 1.54. The van der Waals surface area contributed by atoms with Crippen LogP contribution in [0.2, 0.25) is 0 Å². The van der Waals surface area contributed by atoms with Crippen LogP contribution in [0.25, 0.3) is 0 Å². The van der Waals surface area contributed by atoms with E-state index in [1.165, 1.54) is 42.5 Å². The number of rotatable bonds is 4. The standard InChI is InChI=1S/C16H24N2O/c1-5-14-7-2-8-18-16(14)15(6-1)11-17-10-13-4-3-9-19-12-13/h1,5-6,13,17-18H,2-4,7-12H2. The van der Waals surface area contributed by atoms with Gasteiger partial charge < -0.3 is 15.4 Å². The Morgan fingerprint density at radius 2 is 2.32 bits per heavy atom. The molecule has 2 aliphatic heterocycles. The molecule has 104 valence electrons. The van der Waals surface area contributed by atoms with E-state index in [1.807, 2.05) is 0 Å². The molecule has 3 heteroatoms. The van der Waals surface area contributed by atoms with Gasteiger partial charge in [-0.1, -0.05) is 18.2 Å². The average Bonchev–Trinajstić information content (AvgIpc) is 2.49. The molecule has 0 spiro atoms. The fraction of sp³-hybridized carbons (Fsp3) is 0.625. The Kier molecular flexibility index (Phi) is 4.36. The van der Waals surface area contributed by atoms with Crippen LogP contribution in [0.5, 0.6) is 0 Å². The lowest BCUT2D eigenvalue weighted by atomic mass is 9.99. The molecule has 0 amide bonds. The fourth-order valence-corrected chi connectivity index (χ4v) is 3.11. The molecule has 1 fully saturated rings. The van der Waals surface area contributed by atoms with Gasteiger partial charge in [0.1, 0.15) is 0 Å². The van der Waals surface area contributed by atoms with Crippen LogP contribution in [0.4, 0.5) is 5.69 Å². The van der Waals surface area contributed by atoms with Crippen molar-refractivity contribution in [2.75, 3.05) is 31.6 Å². The summed E-state index contributed by atoms with van der Waals surface area (Å²) in [4.78, 5) is 0. The van der Waals surface area contributed by atoms with Crippen molar-refractivity contribution in [2.45, 2.75) is 32.2 Å². The molecule has 3 rings (SSSR count). The van der Waals surface area contributed by atoms with Crippen LogP contribution in [-0.2, 0) is 17.7 Å². The molecule has 0 aliphatic carbocycles. The zero-order valence-electron chi connectivity index (χ0n) is 11.6. The molecular weight excluding hydrogens is 236 g/mol. The molecular formula is C16H24N2O. The second kappa shape index (κ2) is 6.40. The maximum absolute atomic E-state index is 5.52. The van der Waals surface area contributed by atoms with Crippen molar-refractivity contribution in [3.05, 3.63) is 29.3 Å². The Labute approximate surface area is 115 Å². The van der Waals surface area contributed by atoms with Gasteiger partial charge in [-0.2, -0.15) is 0 Å². The van der Waals surface area contributed by atoms with Gasteiger partial charge in [-0.05, 0) is 42.7 Å². The van der Waals surface area contributed by atoms with Crippen LogP contribution < -0.4 is 10.6 Å². The van der Waals surface area contributed by atoms with E-state index < -0.39 is 0 Å². The highest BCUT2D eigenvalue weighted by molar-refractivity contribution is 5.59. The summed E-state index contributed by atoms with van der Waals surface area (Å²) in [6.07, 6.45) is 4.99. The number of para-hydroxylation sites is 1. The zero-order chi connectivity index (χ0) is 12.9. The van der Waals surface area contributed by atoms with E-state index in [4.69, 9.17) is 4.74 Å². The Hall–Kier alpha value is -1.06. The number of hydrogen-bond donors (Lipinski definition) is 2. The van der Waals surface area contributed by atoms with Crippen LogP contribution in [0.15, 0.2) is 18.2 Å². The lowest BCUT2D eigenvalue weighted by molar-refractivity contribution is 0.0547. The minimum absolute atomic E-state index is 0.696. The van der Waals surface area contributed by atoms with Crippen molar-refractivity contribution in [3.63, 3.8) is 0 Å². The molecule has 2 heterocycles. The molecule has 3 nitrogen and oxygen atoms in total. The van der Waals surface area contributed by atoms with E-state index in [-0.39, 0.29) is 0 Å². The molecule has 1 aromatic carbocycles. The van der Waals surface area contributed by atoms with E-state index >= 15 is 0 Å². The lowest BCUT2D eigenvalue weighted by Gasteiger charge is -2.24. The van der Waals surface area contributed by atoms with Gasteiger partial charge in [0.15, 0.2) is 0 Å². The van der Waals surface area contributed by atoms with Crippen molar-refractivity contribution in [3.8, 4) is 0 Å². The first-order valence-corrected chi connectivity index (χ1v) is 7.56. The SMILES string of the molecule is c1cc2c(c(CNCC3CCCOC3)c1)NCCC2. The van der Waals surface area contributed by atoms with Crippen LogP contribution in [0.1, 0.15) is 30.4 Å². The summed E-state index contributed by atoms with van der Waals surface area (Å²) in [7, 11) is 0. The summed E-state index contributed by atoms with van der Waals surface area (Å²) in [5, 5.41) is 7.16. The Morgan fingerprint density at radius 3 is 3.21 bits per heavy atom. The summed E-state index contributed by atoms with van der Waals surface area (Å²) in [6.45, 7) is 5.03. The van der Waals surface area contributed by atoms with Crippen LogP contribution >= 0.6 is 0 Å². The highest BCUT2D eigenvalue weighted by atomic mass is 16.5. The quantitative estimate of drug-likeness (QED) is 0.873. The van der Waals surface area contributed by atoms with Gasteiger partial charge in [0.05, 0.1) is 6.61 Å². The van der Waals surface area contributed by atoms with E-state index in [0.717, 1.165) is 32.8 Å². The van der Waals surface area contributed by atoms with Crippen molar-refractivity contribution in [1.82, 2.24) is 5.32 Å². The van der Waals surface area contributed by atoms with Crippen LogP contribution in [-0.4, -0.2) is 26.3 Å². The van der Waals surface area contributed by atoms with E-state index in [1.54, 1.807) is 0 Å². The predicted molar refractivity (Wildman–Crippen MR) is 78.5 cm³/mol. The van der Waals surface area contributed by atoms with Crippen molar-refractivity contribution < 1.29 is 4.74 Å². The molecule has 19 heavy (non-hydrogen) atoms. The molecule has 1 saturated heterocycles. The van der Waals surface area contributed by atoms with Gasteiger partial charge >= 0.3 is 0 Å². The monoisotopic (exact) mass is 260 g/mol. The molecule has 0 aromatic heterocycles. The van der Waals surface area contributed by atoms with E-state index in [2.05, 4.69) is 28.8 Å². The van der Waals surface area contributed by atoms with Gasteiger partial charge in [0, 0.05) is 31.9 Å². The third-order valence-corrected chi connectivity index (χ3v) is 4.16. The Bertz CT molecular complexity index is 413. The zero-order valence-corrected chi connectivity index (χ0v) is 11.6. The second-order valence-corrected chi connectivity index (χ2v) is 5.70. The minimum atomic E-state index is 0.696. The van der Waals surface area contributed by atoms with E-state index in [0.29, 0.717) is 5.92 Å². The normalized spacial score (nSPS) is 22.6. The number of fused-ring (bicyclic) bond motifs is 1. The summed E-state index contributed by atoms with van der Waals surface area (Å²) < 4.78 is 5.52. The number of nitrogens with one attached hydrogen (secondary N) is 2. The molecule has 0 saturated carbocycles. The number of anilines is 1. The fourth-order valence-electron chi connectivity index (χ4n) is 3.11. The number of benzene rings is 1. The molecule has 1 atom stereocenters. The summed E-state index contributed by atoms with van der Waals surface area (Å²) in [5.74, 6) is 0.696. The maximum atomic E-state index is 5.52. The van der Waals surface area contributed by atoms with E-state index in [9.17, 15) is 0 Å². The van der Waals surface area contributed by atoms with Gasteiger partial charge in [-0.25, -0.2) is 0 Å². The predicted octanol–water partition coefficient (Wildman–Crippen LogP) is 2.56. The molecule has 2 aliphatic rings. The van der Waals surface area contributed by atoms with Gasteiger partial charge in [0.25, 0.3) is 0 Å². The number of hydrogen-bond acceptors (Lipinski definition) is 3. The van der Waals surface area contributed by atoms with Crippen molar-refractivity contribution >= 4 is 5.69 Å². The maximum Gasteiger partial charge on any atom is 0.0506 e. The topological polar surface area (TPSA) is 33.3 Å². The average molecular weight is 260 g/mol. The second-order valence-electron chi connectivity index (χ2n) is 5.70. The van der Waals surface area contributed by atoms with Gasteiger partial charge in [-0.15, -0.1) is 0 Å². The summed E-state index contributed by atoms with van der Waals surface area (Å²) in [5.41, 5.74) is 4.27. The Morgan fingerprint density at radius 1 is 1.32 bits per heavy atom. The lowest BCUT2D eigenvalue weighted by Crippen LogP contribution is -2.29. The molecule has 1 aromatic rings. The summed E-state index contributed by atoms with van der Waals surface area (Å²) >= 11 is 0. The number of aryl methyl sites for hydroxylation is 1. The van der Waals surface area contributed by atoms with Crippen LogP contribution in [0, 0.1) is 5.92 Å². The number of ether oxygens (including phenoxy) is 1. The van der Waals surface area contributed by atoms with Gasteiger partial charge in [0.2, 0.25) is 0 Å². The first-order chi connectivity index (χ1) is 9.43. The minimum Gasteiger partial charge on any atom is -0.385 e. The smallest absolute Gasteiger partial charge is 0.0506 e. The third kappa shape index (κ3) is 3.28. The molecule has 2 N–H and O–H groups in total. The van der Waals surface area contributed by atoms with Crippen LogP contribution in [0.3, 0.4) is 0 Å². The highest BCUT2D eigenvalue weighted by Crippen LogP contribution is 2.26. The first kappa shape index (κ1) is 12.9. The highest BCUT2D eigenvalue weighted by Gasteiger charge is 2.15. The molecule has 1 unspecified atom stereocenters. The summed E-state index contributed by atoms with van der Waals surface area (Å²) in [6, 6.07) is 6.67. The molecule has 0 bridgehead atoms. The molecule has 0 radical (unpaired) electrons. The van der Waals surface area contributed by atoms with Crippen molar-refractivity contribution in [1.29, 1.82) is 0 Å². The van der Waals surface area contributed by atoms with Gasteiger partial charge in [-0.3, -0.25) is 0 Å². The third-order valence-electron chi connectivity index (χ3n) is 4.16.